The van der Waals surface area contributed by atoms with Crippen molar-refractivity contribution in [2.75, 3.05) is 26.4 Å². The maximum Gasteiger partial charge on any atom is 0.472 e. The maximum absolute atomic E-state index is 12.6. The highest BCUT2D eigenvalue weighted by Gasteiger charge is 2.28. The molecule has 0 amide bonds. The molecule has 0 aromatic heterocycles. The molecule has 0 aromatic rings. The standard InChI is InChI=1S/C42H74O14P2/c1-4-5-23-29-38(43)30-25-20-16-12-7-6-8-14-18-22-27-32-42(46)56-40(36-55-58(50,51)54-34-39(44)33-53-57(47,48)49)35-52-41(45)31-26-21-17-13-10-9-11-15-19-24-28-37(2)3/h6-7,14,16,18,20,25,30,37,39-40,44H,4-5,8-13,15,17,19,21-24,26-29,31-36H2,1-3H3,(H,50,51)(H2,47,48,49)/b7-6-,18-14-,20-16-,30-25+/t39-,40+/m0/s1. The van der Waals surface area contributed by atoms with Gasteiger partial charge in [0.2, 0.25) is 0 Å². The maximum atomic E-state index is 12.6. The van der Waals surface area contributed by atoms with Gasteiger partial charge in [-0.15, -0.1) is 0 Å². The predicted octanol–water partition coefficient (Wildman–Crippen LogP) is 9.71. The van der Waals surface area contributed by atoms with Crippen LogP contribution in [0.3, 0.4) is 0 Å². The highest BCUT2D eigenvalue weighted by atomic mass is 31.2. The molecule has 0 aliphatic heterocycles. The van der Waals surface area contributed by atoms with Crippen LogP contribution in [0.4, 0.5) is 0 Å². The van der Waals surface area contributed by atoms with E-state index in [0.29, 0.717) is 32.1 Å². The Morgan fingerprint density at radius 3 is 1.79 bits per heavy atom. The first-order valence-corrected chi connectivity index (χ1v) is 24.2. The minimum atomic E-state index is -4.88. The van der Waals surface area contributed by atoms with Gasteiger partial charge in [-0.2, -0.15) is 0 Å². The van der Waals surface area contributed by atoms with E-state index in [2.05, 4.69) is 29.8 Å². The van der Waals surface area contributed by atoms with Crippen LogP contribution >= 0.6 is 15.6 Å². The average Bonchev–Trinajstić information content (AvgIpc) is 3.16. The summed E-state index contributed by atoms with van der Waals surface area (Å²) in [6.45, 7) is 3.80. The van der Waals surface area contributed by atoms with Gasteiger partial charge in [-0.1, -0.05) is 140 Å². The highest BCUT2D eigenvalue weighted by Crippen LogP contribution is 2.43. The van der Waals surface area contributed by atoms with E-state index in [-0.39, 0.29) is 18.6 Å². The van der Waals surface area contributed by atoms with Crippen molar-refractivity contribution in [1.29, 1.82) is 0 Å². The number of ether oxygens (including phenoxy) is 2. The van der Waals surface area contributed by atoms with Crippen LogP contribution in [-0.2, 0) is 46.6 Å². The second-order valence-corrected chi connectivity index (χ2v) is 17.5. The molecule has 4 N–H and O–H groups in total. The summed E-state index contributed by atoms with van der Waals surface area (Å²) in [4.78, 5) is 64.3. The lowest BCUT2D eigenvalue weighted by molar-refractivity contribution is -0.161. The van der Waals surface area contributed by atoms with Crippen molar-refractivity contribution >= 4 is 33.4 Å². The van der Waals surface area contributed by atoms with Gasteiger partial charge in [-0.3, -0.25) is 28.0 Å². The molecule has 0 fully saturated rings. The third kappa shape index (κ3) is 40.5. The fourth-order valence-corrected chi connectivity index (χ4v) is 6.52. The van der Waals surface area contributed by atoms with Gasteiger partial charge in [0.05, 0.1) is 19.8 Å². The van der Waals surface area contributed by atoms with Gasteiger partial charge in [-0.05, 0) is 50.5 Å². The summed E-state index contributed by atoms with van der Waals surface area (Å²) in [6, 6.07) is 0. The van der Waals surface area contributed by atoms with Crippen molar-refractivity contribution in [3.63, 3.8) is 0 Å². The lowest BCUT2D eigenvalue weighted by Gasteiger charge is -2.20. The smallest absolute Gasteiger partial charge is 0.462 e. The Labute approximate surface area is 347 Å². The second-order valence-electron chi connectivity index (χ2n) is 14.8. The van der Waals surface area contributed by atoms with Crippen LogP contribution in [0, 0.1) is 5.92 Å². The second kappa shape index (κ2) is 36.6. The molecule has 0 radical (unpaired) electrons. The quantitative estimate of drug-likeness (QED) is 0.0113. The van der Waals surface area contributed by atoms with E-state index in [1.807, 2.05) is 36.5 Å². The number of hydrogen-bond donors (Lipinski definition) is 4. The zero-order valence-corrected chi connectivity index (χ0v) is 37.1. The first-order chi connectivity index (χ1) is 27.6. The summed E-state index contributed by atoms with van der Waals surface area (Å²) in [5, 5.41) is 9.73. The van der Waals surface area contributed by atoms with Gasteiger partial charge in [0.15, 0.2) is 11.9 Å². The molecule has 3 atom stereocenters. The molecule has 0 aromatic carbocycles. The molecule has 0 bridgehead atoms. The van der Waals surface area contributed by atoms with Crippen LogP contribution in [0.15, 0.2) is 48.6 Å². The average molecular weight is 865 g/mol. The van der Waals surface area contributed by atoms with Crippen molar-refractivity contribution in [2.24, 2.45) is 5.92 Å². The van der Waals surface area contributed by atoms with E-state index >= 15 is 0 Å². The molecular formula is C42H74O14P2. The summed E-state index contributed by atoms with van der Waals surface area (Å²) < 4.78 is 47.6. The summed E-state index contributed by atoms with van der Waals surface area (Å²) in [5.41, 5.74) is 0. The van der Waals surface area contributed by atoms with Crippen LogP contribution in [-0.4, -0.2) is 76.1 Å². The number of phosphoric acid groups is 2. The van der Waals surface area contributed by atoms with E-state index < -0.39 is 66.2 Å². The highest BCUT2D eigenvalue weighted by molar-refractivity contribution is 7.47. The Balaban J connectivity index is 4.68. The summed E-state index contributed by atoms with van der Waals surface area (Å²) >= 11 is 0. The summed E-state index contributed by atoms with van der Waals surface area (Å²) in [5.74, 6) is -0.226. The van der Waals surface area contributed by atoms with Crippen LogP contribution in [0.1, 0.15) is 156 Å². The van der Waals surface area contributed by atoms with E-state index in [1.165, 1.54) is 44.9 Å². The number of aliphatic hydroxyl groups is 1. The Kier molecular flexibility index (Phi) is 35.2. The number of hydrogen-bond acceptors (Lipinski definition) is 11. The van der Waals surface area contributed by atoms with Gasteiger partial charge < -0.3 is 29.3 Å². The first kappa shape index (κ1) is 55.8. The van der Waals surface area contributed by atoms with Crippen molar-refractivity contribution < 1.29 is 66.3 Å². The Bertz CT molecular complexity index is 1290. The Morgan fingerprint density at radius 1 is 0.603 bits per heavy atom. The lowest BCUT2D eigenvalue weighted by atomic mass is 10.0. The molecule has 0 aliphatic rings. The number of esters is 2. The molecule has 14 nitrogen and oxygen atoms in total. The lowest BCUT2D eigenvalue weighted by Crippen LogP contribution is -2.29. The zero-order valence-electron chi connectivity index (χ0n) is 35.3. The van der Waals surface area contributed by atoms with Crippen molar-refractivity contribution in [2.45, 2.75) is 168 Å². The predicted molar refractivity (Wildman–Crippen MR) is 226 cm³/mol. The molecule has 58 heavy (non-hydrogen) atoms. The number of ketones is 1. The molecular weight excluding hydrogens is 790 g/mol. The number of rotatable bonds is 39. The van der Waals surface area contributed by atoms with Gasteiger partial charge >= 0.3 is 27.6 Å². The number of phosphoric ester groups is 2. The van der Waals surface area contributed by atoms with E-state index in [1.54, 1.807) is 12.2 Å². The van der Waals surface area contributed by atoms with Gasteiger partial charge in [0, 0.05) is 19.3 Å². The molecule has 0 heterocycles. The van der Waals surface area contributed by atoms with Gasteiger partial charge in [-0.25, -0.2) is 9.13 Å². The van der Waals surface area contributed by atoms with Gasteiger partial charge in [0.1, 0.15) is 12.7 Å². The molecule has 0 rings (SSSR count). The largest absolute Gasteiger partial charge is 0.472 e. The van der Waals surface area contributed by atoms with Crippen LogP contribution in [0.25, 0.3) is 0 Å². The van der Waals surface area contributed by atoms with E-state index in [4.69, 9.17) is 23.8 Å². The van der Waals surface area contributed by atoms with Crippen molar-refractivity contribution in [3.05, 3.63) is 48.6 Å². The molecule has 336 valence electrons. The third-order valence-electron chi connectivity index (χ3n) is 8.61. The van der Waals surface area contributed by atoms with Crippen LogP contribution < -0.4 is 0 Å². The third-order valence-corrected chi connectivity index (χ3v) is 10.1. The monoisotopic (exact) mass is 864 g/mol. The minimum absolute atomic E-state index is 0.0290. The molecule has 16 heteroatoms. The van der Waals surface area contributed by atoms with Crippen molar-refractivity contribution in [3.8, 4) is 0 Å². The molecule has 0 spiro atoms. The van der Waals surface area contributed by atoms with Crippen LogP contribution in [0.2, 0.25) is 0 Å². The Morgan fingerprint density at radius 2 is 1.16 bits per heavy atom. The fourth-order valence-electron chi connectivity index (χ4n) is 5.36. The zero-order chi connectivity index (χ0) is 43.3. The summed E-state index contributed by atoms with van der Waals surface area (Å²) in [6.07, 6.45) is 31.1. The molecule has 0 saturated carbocycles. The molecule has 1 unspecified atom stereocenters. The number of unbranched alkanes of at least 4 members (excludes halogenated alkanes) is 12. The number of carbonyl (C=O) groups excluding carboxylic acids is 3. The summed E-state index contributed by atoms with van der Waals surface area (Å²) in [7, 11) is -9.71. The van der Waals surface area contributed by atoms with Crippen LogP contribution in [0.5, 0.6) is 0 Å². The molecule has 0 aliphatic carbocycles. The van der Waals surface area contributed by atoms with E-state index in [0.717, 1.165) is 50.9 Å². The SMILES string of the molecule is CCCCCC(=O)/C=C/C=C\C/C=C\C/C=C\CCCC(=O)O[C@H](COC(=O)CCCCCCCCCCCCC(C)C)COP(=O)(O)OC[C@@H](O)COP(=O)(O)O. The first-order valence-electron chi connectivity index (χ1n) is 21.1. The number of aliphatic hydroxyl groups excluding tert-OH is 1. The number of allylic oxidation sites excluding steroid dienone is 8. The van der Waals surface area contributed by atoms with E-state index in [9.17, 15) is 33.5 Å². The normalized spacial score (nSPS) is 14.6. The van der Waals surface area contributed by atoms with Gasteiger partial charge in [0.25, 0.3) is 0 Å². The topological polar surface area (TPSA) is 212 Å². The number of carbonyl (C=O) groups is 3. The molecule has 0 saturated heterocycles. The Hall–Kier alpha value is -2.25. The van der Waals surface area contributed by atoms with Crippen molar-refractivity contribution in [1.82, 2.24) is 0 Å². The minimum Gasteiger partial charge on any atom is -0.462 e. The fraction of sp³-hybridized carbons (Fsp3) is 0.738.